The first-order valence-corrected chi connectivity index (χ1v) is 19.2. The smallest absolute Gasteiger partial charge is 0.262 e. The highest BCUT2D eigenvalue weighted by molar-refractivity contribution is 7.21. The maximum absolute atomic E-state index is 13.0. The molecule has 7 rings (SSSR count). The normalized spacial score (nSPS) is 15.3. The Morgan fingerprint density at radius 1 is 0.786 bits per heavy atom. The van der Waals surface area contributed by atoms with Gasteiger partial charge in [-0.15, -0.1) is 11.3 Å². The first-order chi connectivity index (χ1) is 27.2. The number of rotatable bonds is 18. The second-order valence-corrected chi connectivity index (χ2v) is 14.4. The van der Waals surface area contributed by atoms with Gasteiger partial charge in [0.15, 0.2) is 0 Å². The molecular weight excluding hydrogens is 737 g/mol. The van der Waals surface area contributed by atoms with E-state index in [0.717, 1.165) is 48.3 Å². The van der Waals surface area contributed by atoms with Crippen LogP contribution in [0.2, 0.25) is 0 Å². The molecule has 14 nitrogen and oxygen atoms in total. The number of piperidine rings is 1. The first-order valence-electron chi connectivity index (χ1n) is 18.4. The average molecular weight is 779 g/mol. The number of anilines is 2. The highest BCUT2D eigenvalue weighted by Crippen LogP contribution is 2.33. The molecule has 0 radical (unpaired) electrons. The third kappa shape index (κ3) is 9.03. The van der Waals surface area contributed by atoms with Gasteiger partial charge in [-0.1, -0.05) is 24.3 Å². The third-order valence-electron chi connectivity index (χ3n) is 9.29. The minimum Gasteiger partial charge on any atom is -0.491 e. The second kappa shape index (κ2) is 17.8. The minimum absolute atomic E-state index is 0.0642. The molecule has 5 aromatic rings. The van der Waals surface area contributed by atoms with Gasteiger partial charge in [-0.05, 0) is 60.5 Å². The fourth-order valence-corrected chi connectivity index (χ4v) is 7.36. The number of pyridine rings is 1. The molecule has 2 aliphatic heterocycles. The Balaban J connectivity index is 0.742. The van der Waals surface area contributed by atoms with E-state index in [1.54, 1.807) is 17.4 Å². The molecule has 290 valence electrons. The summed E-state index contributed by atoms with van der Waals surface area (Å²) in [4.78, 5) is 61.8. The number of ether oxygens (including phenoxy) is 4. The molecule has 2 aliphatic rings. The van der Waals surface area contributed by atoms with Crippen molar-refractivity contribution < 1.29 is 38.1 Å². The number of imide groups is 2. The van der Waals surface area contributed by atoms with E-state index < -0.39 is 29.7 Å². The van der Waals surface area contributed by atoms with Gasteiger partial charge < -0.3 is 29.2 Å². The van der Waals surface area contributed by atoms with Gasteiger partial charge in [0.1, 0.15) is 29.2 Å². The number of hydrogen-bond donors (Lipinski definition) is 2. The number of fused-ring (bicyclic) bond motifs is 2. The summed E-state index contributed by atoms with van der Waals surface area (Å²) in [5, 5.41) is 6.58. The largest absolute Gasteiger partial charge is 0.491 e. The number of thiazole rings is 1. The first kappa shape index (κ1) is 38.5. The Labute approximate surface area is 327 Å². The molecule has 56 heavy (non-hydrogen) atoms. The molecular formula is C41H42N6O8S. The van der Waals surface area contributed by atoms with Gasteiger partial charge in [0.25, 0.3) is 11.8 Å². The molecule has 4 heterocycles. The van der Waals surface area contributed by atoms with Crippen molar-refractivity contribution in [2.75, 3.05) is 77.1 Å². The Morgan fingerprint density at radius 2 is 1.48 bits per heavy atom. The van der Waals surface area contributed by atoms with E-state index >= 15 is 0 Å². The van der Waals surface area contributed by atoms with E-state index in [1.165, 1.54) is 12.1 Å². The molecule has 0 spiro atoms. The summed E-state index contributed by atoms with van der Waals surface area (Å²) in [5.41, 5.74) is 5.59. The van der Waals surface area contributed by atoms with Crippen LogP contribution in [0.1, 0.15) is 33.6 Å². The number of nitrogens with zero attached hydrogens (tertiary/aromatic N) is 4. The quantitative estimate of drug-likeness (QED) is 0.0903. The molecule has 1 unspecified atom stereocenters. The van der Waals surface area contributed by atoms with Gasteiger partial charge in [0.2, 0.25) is 11.8 Å². The molecule has 2 N–H and O–H groups in total. The predicted molar refractivity (Wildman–Crippen MR) is 212 cm³/mol. The number of aromatic nitrogens is 2. The zero-order valence-corrected chi connectivity index (χ0v) is 31.9. The van der Waals surface area contributed by atoms with Crippen molar-refractivity contribution in [3.63, 3.8) is 0 Å². The summed E-state index contributed by atoms with van der Waals surface area (Å²) in [7, 11) is 3.96. The van der Waals surface area contributed by atoms with Gasteiger partial charge in [-0.25, -0.2) is 9.97 Å². The van der Waals surface area contributed by atoms with Crippen LogP contribution in [-0.2, 0) is 23.8 Å². The van der Waals surface area contributed by atoms with Crippen molar-refractivity contribution in [2.45, 2.75) is 18.9 Å². The zero-order valence-electron chi connectivity index (χ0n) is 31.1. The Bertz CT molecular complexity index is 2210. The summed E-state index contributed by atoms with van der Waals surface area (Å²) in [6.07, 6.45) is 2.06. The van der Waals surface area contributed by atoms with Crippen molar-refractivity contribution in [3.8, 4) is 27.4 Å². The third-order valence-corrected chi connectivity index (χ3v) is 10.4. The highest BCUT2D eigenvalue weighted by Gasteiger charge is 2.44. The highest BCUT2D eigenvalue weighted by atomic mass is 32.1. The lowest BCUT2D eigenvalue weighted by Gasteiger charge is -2.27. The van der Waals surface area contributed by atoms with E-state index in [2.05, 4.69) is 52.0 Å². The lowest BCUT2D eigenvalue weighted by atomic mass is 10.0. The van der Waals surface area contributed by atoms with Crippen LogP contribution < -0.4 is 20.3 Å². The standard InChI is InChI=1S/C41H42N6O8S/c1-46(2)36-13-7-28(25-43-36)26-3-5-27(6-4-26)39-44-33-11-8-29(23-35(33)56-39)42-15-16-52-17-18-53-19-20-54-21-22-55-30-9-10-31-32(24-30)41(51)47(40(31)50)34-12-14-37(48)45-38(34)49/h3-11,13,23-25,34,42H,12,14-22H2,1-2H3,(H,45,48,49). The predicted octanol–water partition coefficient (Wildman–Crippen LogP) is 5.03. The van der Waals surface area contributed by atoms with Gasteiger partial charge >= 0.3 is 0 Å². The number of benzene rings is 3. The van der Waals surface area contributed by atoms with Crippen molar-refractivity contribution in [1.29, 1.82) is 0 Å². The molecule has 15 heteroatoms. The van der Waals surface area contributed by atoms with E-state index in [-0.39, 0.29) is 30.6 Å². The summed E-state index contributed by atoms with van der Waals surface area (Å²) >= 11 is 1.66. The summed E-state index contributed by atoms with van der Waals surface area (Å²) in [5.74, 6) is -0.880. The molecule has 2 aromatic heterocycles. The van der Waals surface area contributed by atoms with Crippen molar-refractivity contribution in [2.24, 2.45) is 0 Å². The van der Waals surface area contributed by atoms with E-state index in [1.807, 2.05) is 43.4 Å². The number of hydrogen-bond acceptors (Lipinski definition) is 13. The summed E-state index contributed by atoms with van der Waals surface area (Å²) in [6.45, 7) is 3.37. The zero-order chi connectivity index (χ0) is 39.0. The fourth-order valence-electron chi connectivity index (χ4n) is 6.35. The Kier molecular flexibility index (Phi) is 12.3. The molecule has 1 atom stereocenters. The second-order valence-electron chi connectivity index (χ2n) is 13.3. The summed E-state index contributed by atoms with van der Waals surface area (Å²) < 4.78 is 23.7. The minimum atomic E-state index is -1.01. The van der Waals surface area contributed by atoms with Crippen LogP contribution in [0.3, 0.4) is 0 Å². The Hall–Kier alpha value is -5.74. The van der Waals surface area contributed by atoms with Crippen LogP contribution in [0.5, 0.6) is 5.75 Å². The van der Waals surface area contributed by atoms with Crippen LogP contribution >= 0.6 is 11.3 Å². The maximum atomic E-state index is 13.0. The SMILES string of the molecule is CN(C)c1ccc(-c2ccc(-c3nc4ccc(NCCOCCOCCOCCOc5ccc6c(c5)C(=O)N(C5CCC(=O)NC5=O)C6=O)cc4s3)cc2)cn1. The van der Waals surface area contributed by atoms with Crippen molar-refractivity contribution in [3.05, 3.63) is 90.1 Å². The number of nitrogens with one attached hydrogen (secondary N) is 2. The lowest BCUT2D eigenvalue weighted by molar-refractivity contribution is -0.136. The topological polar surface area (TPSA) is 162 Å². The molecule has 4 amide bonds. The average Bonchev–Trinajstić information content (AvgIpc) is 3.74. The number of amides is 4. The van der Waals surface area contributed by atoms with Crippen LogP contribution in [0.4, 0.5) is 11.5 Å². The van der Waals surface area contributed by atoms with Crippen LogP contribution in [-0.4, -0.2) is 111 Å². The molecule has 0 saturated carbocycles. The monoisotopic (exact) mass is 778 g/mol. The molecule has 1 fully saturated rings. The molecule has 1 saturated heterocycles. The van der Waals surface area contributed by atoms with Gasteiger partial charge in [0, 0.05) is 50.1 Å². The molecule has 0 bridgehead atoms. The Morgan fingerprint density at radius 3 is 2.20 bits per heavy atom. The lowest BCUT2D eigenvalue weighted by Crippen LogP contribution is -2.54. The fraction of sp³-hybridized carbons (Fsp3) is 0.317. The van der Waals surface area contributed by atoms with E-state index in [4.69, 9.17) is 23.9 Å². The van der Waals surface area contributed by atoms with Crippen molar-refractivity contribution in [1.82, 2.24) is 20.2 Å². The number of carbonyl (C=O) groups excluding carboxylic acids is 4. The maximum Gasteiger partial charge on any atom is 0.262 e. The van der Waals surface area contributed by atoms with E-state index in [9.17, 15) is 19.2 Å². The van der Waals surface area contributed by atoms with Crippen LogP contribution in [0.25, 0.3) is 31.9 Å². The van der Waals surface area contributed by atoms with Gasteiger partial charge in [-0.2, -0.15) is 0 Å². The van der Waals surface area contributed by atoms with Crippen LogP contribution in [0, 0.1) is 0 Å². The van der Waals surface area contributed by atoms with E-state index in [0.29, 0.717) is 51.9 Å². The van der Waals surface area contributed by atoms with Crippen LogP contribution in [0.15, 0.2) is 79.0 Å². The summed E-state index contributed by atoms with van der Waals surface area (Å²) in [6, 6.07) is 22.3. The molecule has 0 aliphatic carbocycles. The van der Waals surface area contributed by atoms with Crippen molar-refractivity contribution >= 4 is 56.7 Å². The number of carbonyl (C=O) groups is 4. The van der Waals surface area contributed by atoms with Gasteiger partial charge in [-0.3, -0.25) is 29.4 Å². The molecule has 3 aromatic carbocycles. The van der Waals surface area contributed by atoms with Gasteiger partial charge in [0.05, 0.1) is 61.0 Å².